The largest absolute Gasteiger partial charge is 0.365 e. The van der Waals surface area contributed by atoms with Gasteiger partial charge in [0.2, 0.25) is 0 Å². The first-order valence-electron chi connectivity index (χ1n) is 7.90. The van der Waals surface area contributed by atoms with E-state index in [4.69, 9.17) is 11.6 Å². The van der Waals surface area contributed by atoms with Gasteiger partial charge in [-0.25, -0.2) is 0 Å². The molecule has 2 bridgehead atoms. The van der Waals surface area contributed by atoms with Gasteiger partial charge in [0.25, 0.3) is 0 Å². The molecule has 0 radical (unpaired) electrons. The van der Waals surface area contributed by atoms with Crippen molar-refractivity contribution in [1.29, 1.82) is 0 Å². The molecular formula is C17H20ClN3. The summed E-state index contributed by atoms with van der Waals surface area (Å²) in [5.41, 5.74) is 0. The summed E-state index contributed by atoms with van der Waals surface area (Å²) in [6.07, 6.45) is 5.66. The number of benzene rings is 1. The highest BCUT2D eigenvalue weighted by atomic mass is 35.5. The molecule has 1 aromatic heterocycles. The van der Waals surface area contributed by atoms with Gasteiger partial charge in [0, 0.05) is 16.8 Å². The highest BCUT2D eigenvalue weighted by Crippen LogP contribution is 2.49. The van der Waals surface area contributed by atoms with E-state index in [9.17, 15) is 0 Å². The van der Waals surface area contributed by atoms with Crippen LogP contribution in [0.25, 0.3) is 10.8 Å². The average molecular weight is 302 g/mol. The van der Waals surface area contributed by atoms with Crippen LogP contribution >= 0.6 is 11.6 Å². The number of aromatic nitrogens is 2. The summed E-state index contributed by atoms with van der Waals surface area (Å²) >= 11 is 6.14. The smallest absolute Gasteiger partial charge is 0.159 e. The third kappa shape index (κ3) is 2.28. The SMILES string of the molecule is CC(Nc1nnc(Cl)c2ccccc12)C1CC2CCC1C2. The molecule has 2 aromatic rings. The lowest BCUT2D eigenvalue weighted by atomic mass is 9.84. The number of halogens is 1. The van der Waals surface area contributed by atoms with Crippen molar-refractivity contribution in [3.63, 3.8) is 0 Å². The van der Waals surface area contributed by atoms with Crippen LogP contribution < -0.4 is 5.32 Å². The third-order valence-electron chi connectivity index (χ3n) is 5.44. The van der Waals surface area contributed by atoms with E-state index in [2.05, 4.69) is 28.5 Å². The molecule has 4 atom stereocenters. The van der Waals surface area contributed by atoms with E-state index in [-0.39, 0.29) is 0 Å². The molecule has 4 rings (SSSR count). The Balaban J connectivity index is 1.61. The van der Waals surface area contributed by atoms with Crippen LogP contribution in [0.1, 0.15) is 32.6 Å². The van der Waals surface area contributed by atoms with Gasteiger partial charge in [-0.2, -0.15) is 0 Å². The molecule has 1 N–H and O–H groups in total. The Labute approximate surface area is 130 Å². The second-order valence-corrected chi connectivity index (χ2v) is 7.01. The zero-order chi connectivity index (χ0) is 14.4. The molecule has 0 aliphatic heterocycles. The van der Waals surface area contributed by atoms with Crippen molar-refractivity contribution in [2.75, 3.05) is 5.32 Å². The maximum absolute atomic E-state index is 6.14. The molecule has 2 aliphatic rings. The van der Waals surface area contributed by atoms with Crippen molar-refractivity contribution in [3.05, 3.63) is 29.4 Å². The number of nitrogens with zero attached hydrogens (tertiary/aromatic N) is 2. The zero-order valence-corrected chi connectivity index (χ0v) is 13.0. The molecule has 2 aliphatic carbocycles. The fourth-order valence-electron chi connectivity index (χ4n) is 4.41. The number of rotatable bonds is 3. The van der Waals surface area contributed by atoms with E-state index >= 15 is 0 Å². The van der Waals surface area contributed by atoms with E-state index in [0.717, 1.165) is 34.3 Å². The van der Waals surface area contributed by atoms with Crippen LogP contribution in [0, 0.1) is 17.8 Å². The molecule has 0 amide bonds. The number of hydrogen-bond donors (Lipinski definition) is 1. The number of anilines is 1. The number of fused-ring (bicyclic) bond motifs is 3. The molecule has 4 unspecified atom stereocenters. The van der Waals surface area contributed by atoms with Gasteiger partial charge in [-0.05, 0) is 43.9 Å². The highest BCUT2D eigenvalue weighted by Gasteiger charge is 2.41. The van der Waals surface area contributed by atoms with Gasteiger partial charge in [0.1, 0.15) is 0 Å². The van der Waals surface area contributed by atoms with Gasteiger partial charge in [-0.1, -0.05) is 42.3 Å². The normalized spacial score (nSPS) is 29.0. The summed E-state index contributed by atoms with van der Waals surface area (Å²) < 4.78 is 0. The Bertz CT molecular complexity index is 672. The molecular weight excluding hydrogens is 282 g/mol. The van der Waals surface area contributed by atoms with Crippen LogP contribution in [0.5, 0.6) is 0 Å². The second kappa shape index (κ2) is 5.13. The van der Waals surface area contributed by atoms with Crippen LogP contribution in [0.15, 0.2) is 24.3 Å². The van der Waals surface area contributed by atoms with Gasteiger partial charge in [-0.15, -0.1) is 10.2 Å². The maximum Gasteiger partial charge on any atom is 0.159 e. The molecule has 4 heteroatoms. The van der Waals surface area contributed by atoms with Gasteiger partial charge in [0.15, 0.2) is 11.0 Å². The van der Waals surface area contributed by atoms with Crippen LogP contribution in [-0.4, -0.2) is 16.2 Å². The lowest BCUT2D eigenvalue weighted by Crippen LogP contribution is -2.30. The van der Waals surface area contributed by atoms with E-state index in [1.807, 2.05) is 18.2 Å². The Morgan fingerprint density at radius 2 is 1.95 bits per heavy atom. The van der Waals surface area contributed by atoms with Crippen molar-refractivity contribution in [1.82, 2.24) is 10.2 Å². The minimum absolute atomic E-state index is 0.444. The standard InChI is InChI=1S/C17H20ClN3/c1-10(15-9-11-6-7-12(15)8-11)19-17-14-5-3-2-4-13(14)16(18)20-21-17/h2-5,10-12,15H,6-9H2,1H3,(H,19,21). The zero-order valence-electron chi connectivity index (χ0n) is 12.2. The van der Waals surface area contributed by atoms with E-state index in [1.165, 1.54) is 25.7 Å². The fraction of sp³-hybridized carbons (Fsp3) is 0.529. The van der Waals surface area contributed by atoms with Crippen LogP contribution in [-0.2, 0) is 0 Å². The molecule has 0 saturated heterocycles. The first-order valence-corrected chi connectivity index (χ1v) is 8.27. The summed E-state index contributed by atoms with van der Waals surface area (Å²) in [4.78, 5) is 0. The van der Waals surface area contributed by atoms with Crippen molar-refractivity contribution in [3.8, 4) is 0 Å². The molecule has 21 heavy (non-hydrogen) atoms. The Kier molecular flexibility index (Phi) is 3.26. The van der Waals surface area contributed by atoms with Crippen LogP contribution in [0.3, 0.4) is 0 Å². The minimum Gasteiger partial charge on any atom is -0.365 e. The predicted octanol–water partition coefficient (Wildman–Crippen LogP) is 4.52. The quantitative estimate of drug-likeness (QED) is 0.905. The summed E-state index contributed by atoms with van der Waals surface area (Å²) in [7, 11) is 0. The van der Waals surface area contributed by atoms with E-state index in [0.29, 0.717) is 11.2 Å². The molecule has 3 nitrogen and oxygen atoms in total. The number of hydrogen-bond acceptors (Lipinski definition) is 3. The minimum atomic E-state index is 0.444. The molecule has 1 aromatic carbocycles. The topological polar surface area (TPSA) is 37.8 Å². The lowest BCUT2D eigenvalue weighted by molar-refractivity contribution is 0.304. The Hall–Kier alpha value is -1.35. The van der Waals surface area contributed by atoms with Crippen LogP contribution in [0.4, 0.5) is 5.82 Å². The van der Waals surface area contributed by atoms with Crippen molar-refractivity contribution >= 4 is 28.2 Å². The first kappa shape index (κ1) is 13.3. The van der Waals surface area contributed by atoms with Crippen molar-refractivity contribution in [2.24, 2.45) is 17.8 Å². The molecule has 0 spiro atoms. The Morgan fingerprint density at radius 1 is 1.14 bits per heavy atom. The van der Waals surface area contributed by atoms with Gasteiger partial charge < -0.3 is 5.32 Å². The fourth-order valence-corrected chi connectivity index (χ4v) is 4.61. The molecule has 2 fully saturated rings. The third-order valence-corrected chi connectivity index (χ3v) is 5.72. The summed E-state index contributed by atoms with van der Waals surface area (Å²) in [6, 6.07) is 8.51. The first-order chi connectivity index (χ1) is 10.2. The summed E-state index contributed by atoms with van der Waals surface area (Å²) in [6.45, 7) is 2.29. The molecule has 2 saturated carbocycles. The van der Waals surface area contributed by atoms with Crippen LogP contribution in [0.2, 0.25) is 5.15 Å². The van der Waals surface area contributed by atoms with Gasteiger partial charge in [-0.3, -0.25) is 0 Å². The lowest BCUT2D eigenvalue weighted by Gasteiger charge is -2.29. The Morgan fingerprint density at radius 3 is 2.67 bits per heavy atom. The number of nitrogens with one attached hydrogen (secondary N) is 1. The summed E-state index contributed by atoms with van der Waals surface area (Å²) in [5, 5.41) is 14.5. The molecule has 110 valence electrons. The van der Waals surface area contributed by atoms with Crippen molar-refractivity contribution in [2.45, 2.75) is 38.6 Å². The van der Waals surface area contributed by atoms with E-state index < -0.39 is 0 Å². The van der Waals surface area contributed by atoms with Crippen molar-refractivity contribution < 1.29 is 0 Å². The second-order valence-electron chi connectivity index (χ2n) is 6.66. The average Bonchev–Trinajstić information content (AvgIpc) is 3.13. The van der Waals surface area contributed by atoms with E-state index in [1.54, 1.807) is 0 Å². The summed E-state index contributed by atoms with van der Waals surface area (Å²) in [5.74, 6) is 3.52. The maximum atomic E-state index is 6.14. The van der Waals surface area contributed by atoms with Gasteiger partial charge >= 0.3 is 0 Å². The van der Waals surface area contributed by atoms with Gasteiger partial charge in [0.05, 0.1) is 0 Å². The monoisotopic (exact) mass is 301 g/mol. The highest BCUT2D eigenvalue weighted by molar-refractivity contribution is 6.34. The molecule has 1 heterocycles. The predicted molar refractivity (Wildman–Crippen MR) is 86.6 cm³/mol.